The van der Waals surface area contributed by atoms with Gasteiger partial charge in [0.05, 0.1) is 24.0 Å². The van der Waals surface area contributed by atoms with Crippen molar-refractivity contribution in [3.8, 4) is 0 Å². The number of fused-ring (bicyclic) bond motifs is 4. The minimum Gasteiger partial charge on any atom is -0.394 e. The molecule has 6 heteroatoms. The molecule has 4 heterocycles. The second-order valence-corrected chi connectivity index (χ2v) is 6.94. The summed E-state index contributed by atoms with van der Waals surface area (Å²) >= 11 is 0. The van der Waals surface area contributed by atoms with E-state index in [2.05, 4.69) is 14.9 Å². The smallest absolute Gasteiger partial charge is 0.251 e. The molecule has 4 rings (SSSR count). The molecule has 1 N–H and O–H groups in total. The Bertz CT molecular complexity index is 786. The second kappa shape index (κ2) is 6.11. The monoisotopic (exact) mass is 326 g/mol. The van der Waals surface area contributed by atoms with Gasteiger partial charge in [0.15, 0.2) is 0 Å². The van der Waals surface area contributed by atoms with Crippen LogP contribution in [0.15, 0.2) is 35.4 Å². The molecule has 0 aliphatic carbocycles. The van der Waals surface area contributed by atoms with E-state index >= 15 is 0 Å². The van der Waals surface area contributed by atoms with E-state index in [0.717, 1.165) is 43.1 Å². The van der Waals surface area contributed by atoms with Crippen LogP contribution in [-0.4, -0.2) is 44.2 Å². The lowest BCUT2D eigenvalue weighted by Gasteiger charge is -2.46. The average Bonchev–Trinajstić information content (AvgIpc) is 2.58. The lowest BCUT2D eigenvalue weighted by atomic mass is 9.78. The van der Waals surface area contributed by atoms with Crippen molar-refractivity contribution in [3.63, 3.8) is 0 Å². The number of nitrogens with zero attached hydrogens (tertiary/aromatic N) is 4. The lowest BCUT2D eigenvalue weighted by molar-refractivity contribution is 0.0574. The van der Waals surface area contributed by atoms with Crippen molar-refractivity contribution in [2.24, 2.45) is 5.92 Å². The minimum absolute atomic E-state index is 0.000832. The first-order valence-electron chi connectivity index (χ1n) is 8.48. The third-order valence-corrected chi connectivity index (χ3v) is 5.28. The summed E-state index contributed by atoms with van der Waals surface area (Å²) < 4.78 is 1.82. The van der Waals surface area contributed by atoms with E-state index in [-0.39, 0.29) is 18.2 Å². The van der Waals surface area contributed by atoms with Gasteiger partial charge in [-0.3, -0.25) is 19.7 Å². The van der Waals surface area contributed by atoms with Gasteiger partial charge in [0.1, 0.15) is 0 Å². The maximum absolute atomic E-state index is 12.3. The first-order chi connectivity index (χ1) is 11.7. The highest BCUT2D eigenvalue weighted by atomic mass is 16.3. The molecular formula is C18H22N4O2. The van der Waals surface area contributed by atoms with Crippen molar-refractivity contribution in [1.82, 2.24) is 19.4 Å². The van der Waals surface area contributed by atoms with Crippen LogP contribution in [0.5, 0.6) is 0 Å². The van der Waals surface area contributed by atoms with E-state index in [1.165, 1.54) is 0 Å². The van der Waals surface area contributed by atoms with Gasteiger partial charge in [0.25, 0.3) is 5.56 Å². The van der Waals surface area contributed by atoms with E-state index in [1.807, 2.05) is 29.8 Å². The SMILES string of the molecule is Cc1cnc(CN2C[C@H]3C[C@@H](C2)[C@H](CO)n2c3cccc2=O)cn1. The Morgan fingerprint density at radius 3 is 2.88 bits per heavy atom. The zero-order chi connectivity index (χ0) is 16.7. The third kappa shape index (κ3) is 2.65. The Morgan fingerprint density at radius 2 is 2.12 bits per heavy atom. The van der Waals surface area contributed by atoms with Gasteiger partial charge in [-0.1, -0.05) is 6.07 Å². The van der Waals surface area contributed by atoms with Gasteiger partial charge >= 0.3 is 0 Å². The Morgan fingerprint density at radius 1 is 1.25 bits per heavy atom. The Balaban J connectivity index is 1.62. The summed E-state index contributed by atoms with van der Waals surface area (Å²) in [5.41, 5.74) is 2.94. The molecular weight excluding hydrogens is 304 g/mol. The molecule has 3 atom stereocenters. The molecule has 2 aromatic rings. The molecule has 2 aliphatic rings. The largest absolute Gasteiger partial charge is 0.394 e. The van der Waals surface area contributed by atoms with Crippen LogP contribution in [0.4, 0.5) is 0 Å². The van der Waals surface area contributed by atoms with Gasteiger partial charge in [-0.25, -0.2) is 0 Å². The third-order valence-electron chi connectivity index (χ3n) is 5.28. The van der Waals surface area contributed by atoms with Crippen LogP contribution in [-0.2, 0) is 6.54 Å². The summed E-state index contributed by atoms with van der Waals surface area (Å²) in [5, 5.41) is 9.88. The molecule has 2 aliphatic heterocycles. The van der Waals surface area contributed by atoms with Gasteiger partial charge in [0.2, 0.25) is 0 Å². The number of hydrogen-bond donors (Lipinski definition) is 1. The Labute approximate surface area is 140 Å². The van der Waals surface area contributed by atoms with E-state index in [4.69, 9.17) is 0 Å². The normalized spacial score (nSPS) is 26.2. The number of aryl methyl sites for hydroxylation is 1. The first-order valence-corrected chi connectivity index (χ1v) is 8.48. The van der Waals surface area contributed by atoms with E-state index in [1.54, 1.807) is 12.3 Å². The number of likely N-dealkylation sites (tertiary alicyclic amines) is 1. The van der Waals surface area contributed by atoms with Crippen LogP contribution in [0.1, 0.15) is 35.5 Å². The van der Waals surface area contributed by atoms with Crippen LogP contribution < -0.4 is 5.56 Å². The van der Waals surface area contributed by atoms with Crippen LogP contribution >= 0.6 is 0 Å². The second-order valence-electron chi connectivity index (χ2n) is 6.94. The van der Waals surface area contributed by atoms with Crippen molar-refractivity contribution in [2.75, 3.05) is 19.7 Å². The summed E-state index contributed by atoms with van der Waals surface area (Å²) in [6.45, 7) is 4.48. The molecule has 0 aromatic carbocycles. The standard InChI is InChI=1S/C18H22N4O2/c1-12-6-20-15(7-19-12)10-21-8-13-5-14(9-21)17(11-23)22-16(13)3-2-4-18(22)24/h2-4,6-7,13-14,17,23H,5,8-11H2,1H3/t13-,14+,17+/m1/s1. The molecule has 0 radical (unpaired) electrons. The lowest BCUT2D eigenvalue weighted by Crippen LogP contribution is -2.50. The first kappa shape index (κ1) is 15.5. The Kier molecular flexibility index (Phi) is 3.94. The summed E-state index contributed by atoms with van der Waals surface area (Å²) in [6.07, 6.45) is 4.66. The van der Waals surface area contributed by atoms with Gasteiger partial charge in [-0.05, 0) is 25.3 Å². The predicted molar refractivity (Wildman–Crippen MR) is 89.7 cm³/mol. The molecule has 1 saturated heterocycles. The van der Waals surface area contributed by atoms with Crippen molar-refractivity contribution < 1.29 is 5.11 Å². The zero-order valence-corrected chi connectivity index (χ0v) is 13.8. The molecule has 2 aromatic heterocycles. The number of aromatic nitrogens is 3. The summed E-state index contributed by atoms with van der Waals surface area (Å²) in [7, 11) is 0. The van der Waals surface area contributed by atoms with Gasteiger partial charge in [-0.2, -0.15) is 0 Å². The highest BCUT2D eigenvalue weighted by molar-refractivity contribution is 5.19. The number of aliphatic hydroxyl groups excluding tert-OH is 1. The van der Waals surface area contributed by atoms with Crippen LogP contribution in [0.2, 0.25) is 0 Å². The topological polar surface area (TPSA) is 71.2 Å². The molecule has 0 spiro atoms. The maximum Gasteiger partial charge on any atom is 0.251 e. The van der Waals surface area contributed by atoms with Crippen molar-refractivity contribution >= 4 is 0 Å². The average molecular weight is 326 g/mol. The molecule has 0 saturated carbocycles. The fourth-order valence-corrected chi connectivity index (χ4v) is 4.23. The van der Waals surface area contributed by atoms with Crippen molar-refractivity contribution in [2.45, 2.75) is 31.8 Å². The van der Waals surface area contributed by atoms with Crippen molar-refractivity contribution in [1.29, 1.82) is 0 Å². The van der Waals surface area contributed by atoms with Gasteiger partial charge < -0.3 is 9.67 Å². The maximum atomic E-state index is 12.3. The molecule has 126 valence electrons. The molecule has 1 fully saturated rings. The summed E-state index contributed by atoms with van der Waals surface area (Å²) in [5.74, 6) is 0.624. The summed E-state index contributed by atoms with van der Waals surface area (Å²) in [4.78, 5) is 23.4. The Hall–Kier alpha value is -2.05. The molecule has 24 heavy (non-hydrogen) atoms. The number of hydrogen-bond acceptors (Lipinski definition) is 5. The molecule has 0 unspecified atom stereocenters. The van der Waals surface area contributed by atoms with Gasteiger partial charge in [-0.15, -0.1) is 0 Å². The number of pyridine rings is 1. The highest BCUT2D eigenvalue weighted by Gasteiger charge is 2.40. The highest BCUT2D eigenvalue weighted by Crippen LogP contribution is 2.40. The van der Waals surface area contributed by atoms with E-state index < -0.39 is 0 Å². The fraction of sp³-hybridized carbons (Fsp3) is 0.500. The van der Waals surface area contributed by atoms with Crippen molar-refractivity contribution in [3.05, 3.63) is 58.0 Å². The zero-order valence-electron chi connectivity index (χ0n) is 13.8. The molecule has 0 amide bonds. The van der Waals surface area contributed by atoms with Crippen LogP contribution in [0.3, 0.4) is 0 Å². The van der Waals surface area contributed by atoms with E-state index in [9.17, 15) is 9.90 Å². The molecule has 2 bridgehead atoms. The summed E-state index contributed by atoms with van der Waals surface area (Å²) in [6, 6.07) is 5.32. The van der Waals surface area contributed by atoms with E-state index in [0.29, 0.717) is 11.8 Å². The van der Waals surface area contributed by atoms with Crippen LogP contribution in [0, 0.1) is 12.8 Å². The van der Waals surface area contributed by atoms with Gasteiger partial charge in [0, 0.05) is 49.7 Å². The van der Waals surface area contributed by atoms with Crippen LogP contribution in [0.25, 0.3) is 0 Å². The number of piperidine rings is 1. The fourth-order valence-electron chi connectivity index (χ4n) is 4.23. The number of rotatable bonds is 3. The number of aliphatic hydroxyl groups is 1. The minimum atomic E-state index is -0.128. The predicted octanol–water partition coefficient (Wildman–Crippen LogP) is 1.10. The molecule has 6 nitrogen and oxygen atoms in total. The quantitative estimate of drug-likeness (QED) is 0.914.